The highest BCUT2D eigenvalue weighted by atomic mass is 35.5. The van der Waals surface area contributed by atoms with Crippen molar-refractivity contribution in [3.63, 3.8) is 0 Å². The summed E-state index contributed by atoms with van der Waals surface area (Å²) in [4.78, 5) is 15.1. The van der Waals surface area contributed by atoms with Crippen LogP contribution in [0.4, 0.5) is 11.4 Å². The molecule has 0 unspecified atom stereocenters. The summed E-state index contributed by atoms with van der Waals surface area (Å²) in [7, 11) is -3.70. The summed E-state index contributed by atoms with van der Waals surface area (Å²) < 4.78 is 26.4. The fraction of sp³-hybridized carbons (Fsp3) is 0.350. The Morgan fingerprint density at radius 2 is 1.93 bits per heavy atom. The minimum Gasteiger partial charge on any atom is -0.307 e. The second kappa shape index (κ2) is 7.17. The number of carbonyl (C=O) groups excluding carboxylic acids is 1. The van der Waals surface area contributed by atoms with Gasteiger partial charge in [-0.1, -0.05) is 35.9 Å². The van der Waals surface area contributed by atoms with Crippen LogP contribution in [0.3, 0.4) is 0 Å². The van der Waals surface area contributed by atoms with E-state index in [1.165, 1.54) is 4.31 Å². The van der Waals surface area contributed by atoms with Crippen LogP contribution >= 0.6 is 11.6 Å². The Morgan fingerprint density at radius 1 is 1.26 bits per heavy atom. The van der Waals surface area contributed by atoms with Crippen LogP contribution in [-0.2, 0) is 21.2 Å². The topological polar surface area (TPSA) is 57.7 Å². The van der Waals surface area contributed by atoms with Gasteiger partial charge in [0.05, 0.1) is 11.9 Å². The summed E-state index contributed by atoms with van der Waals surface area (Å²) in [6.07, 6.45) is 1.86. The number of rotatable bonds is 4. The summed E-state index contributed by atoms with van der Waals surface area (Å²) >= 11 is 6.10. The molecule has 2 atom stereocenters. The summed E-state index contributed by atoms with van der Waals surface area (Å²) in [6, 6.07) is 11.8. The second-order valence-electron chi connectivity index (χ2n) is 7.06. The van der Waals surface area contributed by atoms with Gasteiger partial charge in [-0.2, -0.15) is 0 Å². The Morgan fingerprint density at radius 3 is 2.59 bits per heavy atom. The number of halogens is 1. The lowest BCUT2D eigenvalue weighted by Gasteiger charge is -2.33. The zero-order valence-electron chi connectivity index (χ0n) is 15.8. The van der Waals surface area contributed by atoms with Crippen molar-refractivity contribution in [1.82, 2.24) is 0 Å². The maximum Gasteiger partial charge on any atom is 0.250 e. The van der Waals surface area contributed by atoms with Crippen LogP contribution in [0.25, 0.3) is 0 Å². The Labute approximate surface area is 165 Å². The van der Waals surface area contributed by atoms with E-state index in [0.29, 0.717) is 10.7 Å². The molecule has 2 aromatic carbocycles. The highest BCUT2D eigenvalue weighted by Crippen LogP contribution is 2.34. The zero-order chi connectivity index (χ0) is 19.9. The summed E-state index contributed by atoms with van der Waals surface area (Å²) in [5, 5.41) is 0.420. The molecule has 3 rings (SSSR count). The third kappa shape index (κ3) is 3.69. The quantitative estimate of drug-likeness (QED) is 0.776. The fourth-order valence-corrected chi connectivity index (χ4v) is 5.08. The van der Waals surface area contributed by atoms with E-state index in [2.05, 4.69) is 0 Å². The van der Waals surface area contributed by atoms with Gasteiger partial charge in [0.1, 0.15) is 6.04 Å². The molecular formula is C20H23ClN2O3S. The van der Waals surface area contributed by atoms with Crippen molar-refractivity contribution in [1.29, 1.82) is 0 Å². The molecule has 0 fully saturated rings. The SMILES string of the molecule is Cc1ccc(Cl)cc1N([C@@H](C)C(=O)N1c2ccccc2C[C@@H]1C)S(C)(=O)=O. The van der Waals surface area contributed by atoms with E-state index >= 15 is 0 Å². The molecule has 144 valence electrons. The van der Waals surface area contributed by atoms with Crippen LogP contribution < -0.4 is 9.21 Å². The summed E-state index contributed by atoms with van der Waals surface area (Å²) in [6.45, 7) is 5.40. The maximum atomic E-state index is 13.4. The number of para-hydroxylation sites is 1. The van der Waals surface area contributed by atoms with Gasteiger partial charge in [0.15, 0.2) is 0 Å². The smallest absolute Gasteiger partial charge is 0.250 e. The third-order valence-corrected chi connectivity index (χ3v) is 6.38. The van der Waals surface area contributed by atoms with Crippen molar-refractivity contribution in [2.45, 2.75) is 39.3 Å². The van der Waals surface area contributed by atoms with Gasteiger partial charge in [0.25, 0.3) is 5.91 Å². The number of fused-ring (bicyclic) bond motifs is 1. The number of carbonyl (C=O) groups is 1. The van der Waals surface area contributed by atoms with Gasteiger partial charge in [-0.05, 0) is 56.5 Å². The Hall–Kier alpha value is -2.05. The summed E-state index contributed by atoms with van der Waals surface area (Å²) in [5.41, 5.74) is 3.10. The van der Waals surface area contributed by atoms with Gasteiger partial charge in [0, 0.05) is 16.8 Å². The average molecular weight is 407 g/mol. The largest absolute Gasteiger partial charge is 0.307 e. The normalized spacial score (nSPS) is 17.5. The highest BCUT2D eigenvalue weighted by Gasteiger charge is 2.38. The highest BCUT2D eigenvalue weighted by molar-refractivity contribution is 7.92. The van der Waals surface area contributed by atoms with Crippen molar-refractivity contribution in [2.75, 3.05) is 15.5 Å². The molecule has 0 spiro atoms. The average Bonchev–Trinajstić information content (AvgIpc) is 2.92. The molecule has 0 saturated carbocycles. The van der Waals surface area contributed by atoms with Crippen LogP contribution in [0, 0.1) is 6.92 Å². The predicted molar refractivity (Wildman–Crippen MR) is 110 cm³/mol. The van der Waals surface area contributed by atoms with Gasteiger partial charge in [0.2, 0.25) is 10.0 Å². The molecule has 1 aliphatic rings. The first-order valence-electron chi connectivity index (χ1n) is 8.78. The van der Waals surface area contributed by atoms with Crippen molar-refractivity contribution in [3.05, 3.63) is 58.6 Å². The molecule has 1 amide bonds. The molecule has 0 aliphatic carbocycles. The van der Waals surface area contributed by atoms with Crippen molar-refractivity contribution < 1.29 is 13.2 Å². The molecule has 0 saturated heterocycles. The predicted octanol–water partition coefficient (Wildman–Crippen LogP) is 3.78. The molecule has 0 bridgehead atoms. The number of hydrogen-bond donors (Lipinski definition) is 0. The van der Waals surface area contributed by atoms with Gasteiger partial charge >= 0.3 is 0 Å². The zero-order valence-corrected chi connectivity index (χ0v) is 17.4. The molecule has 27 heavy (non-hydrogen) atoms. The van der Waals surface area contributed by atoms with E-state index in [1.807, 2.05) is 31.2 Å². The minimum atomic E-state index is -3.70. The van der Waals surface area contributed by atoms with Crippen molar-refractivity contribution in [2.24, 2.45) is 0 Å². The number of sulfonamides is 1. The molecule has 0 N–H and O–H groups in total. The molecule has 2 aromatic rings. The second-order valence-corrected chi connectivity index (χ2v) is 9.35. The maximum absolute atomic E-state index is 13.4. The van der Waals surface area contributed by atoms with E-state index in [9.17, 15) is 13.2 Å². The van der Waals surface area contributed by atoms with Crippen molar-refractivity contribution >= 4 is 38.9 Å². The number of amides is 1. The molecule has 0 aromatic heterocycles. The van der Waals surface area contributed by atoms with E-state index < -0.39 is 16.1 Å². The van der Waals surface area contributed by atoms with Gasteiger partial charge in [-0.25, -0.2) is 8.42 Å². The number of benzene rings is 2. The number of anilines is 2. The van der Waals surface area contributed by atoms with Crippen LogP contribution in [0.15, 0.2) is 42.5 Å². The monoisotopic (exact) mass is 406 g/mol. The van der Waals surface area contributed by atoms with E-state index in [1.54, 1.807) is 36.9 Å². The first-order chi connectivity index (χ1) is 12.6. The lowest BCUT2D eigenvalue weighted by Crippen LogP contribution is -2.51. The van der Waals surface area contributed by atoms with E-state index in [0.717, 1.165) is 29.5 Å². The van der Waals surface area contributed by atoms with E-state index in [-0.39, 0.29) is 11.9 Å². The van der Waals surface area contributed by atoms with Crippen molar-refractivity contribution in [3.8, 4) is 0 Å². The van der Waals surface area contributed by atoms with E-state index in [4.69, 9.17) is 11.6 Å². The number of hydrogen-bond acceptors (Lipinski definition) is 3. The lowest BCUT2D eigenvalue weighted by atomic mass is 10.1. The molecule has 1 heterocycles. The number of aryl methyl sites for hydroxylation is 1. The molecule has 0 radical (unpaired) electrons. The molecule has 5 nitrogen and oxygen atoms in total. The Kier molecular flexibility index (Phi) is 5.23. The van der Waals surface area contributed by atoms with Crippen LogP contribution in [0.5, 0.6) is 0 Å². The summed E-state index contributed by atoms with van der Waals surface area (Å²) in [5.74, 6) is -0.253. The van der Waals surface area contributed by atoms with Crippen LogP contribution in [0.2, 0.25) is 5.02 Å². The van der Waals surface area contributed by atoms with Crippen LogP contribution in [-0.4, -0.2) is 32.7 Å². The standard InChI is InChI=1S/C20H23ClN2O3S/c1-13-9-10-17(21)12-19(13)23(27(4,25)26)15(3)20(24)22-14(2)11-16-7-5-6-8-18(16)22/h5-10,12,14-15H,11H2,1-4H3/t14-,15-/m0/s1. The number of nitrogens with zero attached hydrogens (tertiary/aromatic N) is 2. The molecule has 1 aliphatic heterocycles. The lowest BCUT2D eigenvalue weighted by molar-refractivity contribution is -0.119. The van der Waals surface area contributed by atoms with Crippen LogP contribution in [0.1, 0.15) is 25.0 Å². The minimum absolute atomic E-state index is 0.0285. The van der Waals surface area contributed by atoms with Gasteiger partial charge < -0.3 is 4.90 Å². The van der Waals surface area contributed by atoms with Gasteiger partial charge in [-0.3, -0.25) is 9.10 Å². The Bertz CT molecular complexity index is 990. The first-order valence-corrected chi connectivity index (χ1v) is 11.0. The third-order valence-electron chi connectivity index (χ3n) is 4.92. The Balaban J connectivity index is 2.04. The van der Waals surface area contributed by atoms with Gasteiger partial charge in [-0.15, -0.1) is 0 Å². The molecular weight excluding hydrogens is 384 g/mol. The fourth-order valence-electron chi connectivity index (χ4n) is 3.70. The first kappa shape index (κ1) is 19.7. The molecule has 7 heteroatoms.